The Labute approximate surface area is 156 Å². The Morgan fingerprint density at radius 2 is 1.88 bits per heavy atom. The van der Waals surface area contributed by atoms with E-state index in [9.17, 15) is 0 Å². The Balaban J connectivity index is 1.55. The molecule has 1 aromatic heterocycles. The Hall–Kier alpha value is -2.37. The third kappa shape index (κ3) is 4.62. The molecule has 0 saturated heterocycles. The lowest BCUT2D eigenvalue weighted by molar-refractivity contribution is 0.371. The molecule has 26 heavy (non-hydrogen) atoms. The fourth-order valence-electron chi connectivity index (χ4n) is 3.55. The lowest BCUT2D eigenvalue weighted by Crippen LogP contribution is -2.44. The average molecular weight is 355 g/mol. The van der Waals surface area contributed by atoms with Gasteiger partial charge in [-0.2, -0.15) is 0 Å². The Kier molecular flexibility index (Phi) is 6.26. The standard InChI is InChI=1S/C20H30N6/c1-4-21-20(22-14-19-25-24-15(2)26(19)3)23-18-12-10-17(11-13-18)16-8-6-5-7-9-16/h5-9,17-18H,4,10-14H2,1-3H3,(H2,21,22,23). The van der Waals surface area contributed by atoms with E-state index in [-0.39, 0.29) is 0 Å². The van der Waals surface area contributed by atoms with Gasteiger partial charge in [0, 0.05) is 19.6 Å². The van der Waals surface area contributed by atoms with Crippen LogP contribution in [0.15, 0.2) is 35.3 Å². The van der Waals surface area contributed by atoms with Gasteiger partial charge in [-0.3, -0.25) is 0 Å². The third-order valence-electron chi connectivity index (χ3n) is 5.24. The highest BCUT2D eigenvalue weighted by molar-refractivity contribution is 5.80. The summed E-state index contributed by atoms with van der Waals surface area (Å²) in [6.07, 6.45) is 4.80. The van der Waals surface area contributed by atoms with Gasteiger partial charge in [0.25, 0.3) is 0 Å². The van der Waals surface area contributed by atoms with E-state index in [2.05, 4.69) is 58.1 Å². The highest BCUT2D eigenvalue weighted by Crippen LogP contribution is 2.32. The molecule has 1 aliphatic carbocycles. The van der Waals surface area contributed by atoms with E-state index in [1.165, 1.54) is 31.2 Å². The van der Waals surface area contributed by atoms with Gasteiger partial charge in [0.05, 0.1) is 0 Å². The average Bonchev–Trinajstić information content (AvgIpc) is 2.99. The third-order valence-corrected chi connectivity index (χ3v) is 5.24. The van der Waals surface area contributed by atoms with Crippen molar-refractivity contribution in [3.05, 3.63) is 47.5 Å². The van der Waals surface area contributed by atoms with Crippen molar-refractivity contribution in [1.29, 1.82) is 0 Å². The van der Waals surface area contributed by atoms with Gasteiger partial charge in [0.2, 0.25) is 0 Å². The normalized spacial score (nSPS) is 20.8. The van der Waals surface area contributed by atoms with Gasteiger partial charge in [-0.15, -0.1) is 10.2 Å². The van der Waals surface area contributed by atoms with Crippen LogP contribution in [-0.4, -0.2) is 33.3 Å². The first kappa shape index (κ1) is 18.4. The van der Waals surface area contributed by atoms with Gasteiger partial charge in [0.15, 0.2) is 11.8 Å². The predicted octanol–water partition coefficient (Wildman–Crippen LogP) is 2.91. The molecule has 1 heterocycles. The maximum Gasteiger partial charge on any atom is 0.191 e. The molecular formula is C20H30N6. The summed E-state index contributed by atoms with van der Waals surface area (Å²) in [4.78, 5) is 4.70. The van der Waals surface area contributed by atoms with Crippen LogP contribution in [-0.2, 0) is 13.6 Å². The van der Waals surface area contributed by atoms with Crippen molar-refractivity contribution >= 4 is 5.96 Å². The first-order valence-corrected chi connectivity index (χ1v) is 9.62. The number of nitrogens with zero attached hydrogens (tertiary/aromatic N) is 4. The van der Waals surface area contributed by atoms with Crippen LogP contribution >= 0.6 is 0 Å². The molecule has 1 saturated carbocycles. The van der Waals surface area contributed by atoms with Crippen molar-refractivity contribution in [2.75, 3.05) is 6.54 Å². The quantitative estimate of drug-likeness (QED) is 0.640. The van der Waals surface area contributed by atoms with Crippen molar-refractivity contribution in [2.24, 2.45) is 12.0 Å². The highest BCUT2D eigenvalue weighted by atomic mass is 15.3. The van der Waals surface area contributed by atoms with Crippen molar-refractivity contribution in [1.82, 2.24) is 25.4 Å². The largest absolute Gasteiger partial charge is 0.357 e. The summed E-state index contributed by atoms with van der Waals surface area (Å²) in [5.41, 5.74) is 1.48. The second-order valence-electron chi connectivity index (χ2n) is 7.02. The molecule has 0 atom stereocenters. The van der Waals surface area contributed by atoms with Crippen LogP contribution in [0.25, 0.3) is 0 Å². The highest BCUT2D eigenvalue weighted by Gasteiger charge is 2.22. The number of guanidine groups is 1. The van der Waals surface area contributed by atoms with E-state index < -0.39 is 0 Å². The summed E-state index contributed by atoms with van der Waals surface area (Å²) in [5, 5.41) is 15.2. The Morgan fingerprint density at radius 1 is 1.15 bits per heavy atom. The van der Waals surface area contributed by atoms with Gasteiger partial charge in [-0.1, -0.05) is 30.3 Å². The Morgan fingerprint density at radius 3 is 2.50 bits per heavy atom. The number of aromatic nitrogens is 3. The molecule has 140 valence electrons. The van der Waals surface area contributed by atoms with E-state index >= 15 is 0 Å². The lowest BCUT2D eigenvalue weighted by atomic mass is 9.82. The minimum absolute atomic E-state index is 0.481. The number of aryl methyl sites for hydroxylation is 1. The summed E-state index contributed by atoms with van der Waals surface area (Å²) in [5.74, 6) is 3.35. The molecule has 1 aliphatic rings. The summed E-state index contributed by atoms with van der Waals surface area (Å²) in [7, 11) is 1.98. The number of benzene rings is 1. The molecule has 2 aromatic rings. The maximum absolute atomic E-state index is 4.70. The molecule has 2 N–H and O–H groups in total. The van der Waals surface area contributed by atoms with Crippen molar-refractivity contribution in [3.63, 3.8) is 0 Å². The van der Waals surface area contributed by atoms with Crippen molar-refractivity contribution in [3.8, 4) is 0 Å². The van der Waals surface area contributed by atoms with Gasteiger partial charge >= 0.3 is 0 Å². The smallest absolute Gasteiger partial charge is 0.191 e. The Bertz CT molecular complexity index is 713. The van der Waals surface area contributed by atoms with E-state index in [0.29, 0.717) is 18.5 Å². The molecule has 6 nitrogen and oxygen atoms in total. The van der Waals surface area contributed by atoms with E-state index in [1.807, 2.05) is 18.5 Å². The minimum atomic E-state index is 0.481. The van der Waals surface area contributed by atoms with Crippen LogP contribution in [0.1, 0.15) is 55.7 Å². The molecule has 0 radical (unpaired) electrons. The molecule has 0 unspecified atom stereocenters. The van der Waals surface area contributed by atoms with Crippen molar-refractivity contribution in [2.45, 2.75) is 58.0 Å². The van der Waals surface area contributed by atoms with E-state index in [1.54, 1.807) is 0 Å². The lowest BCUT2D eigenvalue weighted by Gasteiger charge is -2.30. The van der Waals surface area contributed by atoms with Crippen LogP contribution in [0.4, 0.5) is 0 Å². The molecular weight excluding hydrogens is 324 g/mol. The second kappa shape index (κ2) is 8.83. The zero-order valence-corrected chi connectivity index (χ0v) is 16.1. The minimum Gasteiger partial charge on any atom is -0.357 e. The van der Waals surface area contributed by atoms with Crippen molar-refractivity contribution < 1.29 is 0 Å². The number of aliphatic imine (C=N–C) groups is 1. The first-order valence-electron chi connectivity index (χ1n) is 9.62. The van der Waals surface area contributed by atoms with Crippen LogP contribution < -0.4 is 10.6 Å². The molecule has 6 heteroatoms. The fourth-order valence-corrected chi connectivity index (χ4v) is 3.55. The van der Waals surface area contributed by atoms with Gasteiger partial charge in [0.1, 0.15) is 12.4 Å². The molecule has 1 aromatic carbocycles. The number of nitrogens with one attached hydrogen (secondary N) is 2. The monoisotopic (exact) mass is 354 g/mol. The first-order chi connectivity index (χ1) is 12.7. The van der Waals surface area contributed by atoms with Crippen LogP contribution in [0.3, 0.4) is 0 Å². The van der Waals surface area contributed by atoms with E-state index in [4.69, 9.17) is 4.99 Å². The predicted molar refractivity (Wildman–Crippen MR) is 105 cm³/mol. The van der Waals surface area contributed by atoms with Gasteiger partial charge in [-0.05, 0) is 51.0 Å². The molecule has 0 bridgehead atoms. The zero-order chi connectivity index (χ0) is 18.4. The number of hydrogen-bond acceptors (Lipinski definition) is 3. The van der Waals surface area contributed by atoms with Crippen LogP contribution in [0.2, 0.25) is 0 Å². The van der Waals surface area contributed by atoms with Crippen LogP contribution in [0.5, 0.6) is 0 Å². The van der Waals surface area contributed by atoms with E-state index in [0.717, 1.165) is 24.2 Å². The molecule has 3 rings (SSSR count). The number of hydrogen-bond donors (Lipinski definition) is 2. The molecule has 0 amide bonds. The molecule has 0 spiro atoms. The summed E-state index contributed by atoms with van der Waals surface area (Å²) in [6, 6.07) is 11.4. The SMILES string of the molecule is CCNC(=NCc1nnc(C)n1C)NC1CCC(c2ccccc2)CC1. The zero-order valence-electron chi connectivity index (χ0n) is 16.1. The van der Waals surface area contributed by atoms with Gasteiger partial charge in [-0.25, -0.2) is 4.99 Å². The summed E-state index contributed by atoms with van der Waals surface area (Å²) >= 11 is 0. The fraction of sp³-hybridized carbons (Fsp3) is 0.550. The number of rotatable bonds is 5. The summed E-state index contributed by atoms with van der Waals surface area (Å²) < 4.78 is 1.98. The van der Waals surface area contributed by atoms with Gasteiger partial charge < -0.3 is 15.2 Å². The molecule has 1 fully saturated rings. The maximum atomic E-state index is 4.70. The topological polar surface area (TPSA) is 67.1 Å². The van der Waals surface area contributed by atoms with Crippen LogP contribution in [0, 0.1) is 6.92 Å². The second-order valence-corrected chi connectivity index (χ2v) is 7.02. The molecule has 0 aliphatic heterocycles. The summed E-state index contributed by atoms with van der Waals surface area (Å²) in [6.45, 7) is 5.43.